The molecule has 1 N–H and O–H groups in total. The van der Waals surface area contributed by atoms with Gasteiger partial charge in [0.25, 0.3) is 0 Å². The summed E-state index contributed by atoms with van der Waals surface area (Å²) in [5.41, 5.74) is 2.86. The molecule has 0 unspecified atom stereocenters. The number of hydrogen-bond acceptors (Lipinski definition) is 4. The van der Waals surface area contributed by atoms with Gasteiger partial charge in [-0.05, 0) is 30.2 Å². The highest BCUT2D eigenvalue weighted by Crippen LogP contribution is 2.13. The van der Waals surface area contributed by atoms with Crippen LogP contribution in [-0.2, 0) is 17.6 Å². The fourth-order valence-corrected chi connectivity index (χ4v) is 2.32. The van der Waals surface area contributed by atoms with Crippen LogP contribution in [-0.4, -0.2) is 16.1 Å². The fraction of sp³-hybridized carbons (Fsp3) is 0.167. The number of hydrogen-bond donors (Lipinski definition) is 1. The topological polar surface area (TPSA) is 68.0 Å². The zero-order chi connectivity index (χ0) is 16.9. The van der Waals surface area contributed by atoms with Gasteiger partial charge in [-0.1, -0.05) is 47.1 Å². The number of halogens is 1. The highest BCUT2D eigenvalue weighted by Gasteiger charge is 2.11. The Hall–Kier alpha value is -3.02. The van der Waals surface area contributed by atoms with E-state index >= 15 is 0 Å². The smallest absolute Gasteiger partial charge is 0.322 e. The molecule has 0 fully saturated rings. The maximum atomic E-state index is 12.9. The highest BCUT2D eigenvalue weighted by atomic mass is 19.1. The summed E-state index contributed by atoms with van der Waals surface area (Å²) in [5.74, 6) is -0.168. The van der Waals surface area contributed by atoms with Crippen molar-refractivity contribution in [3.05, 3.63) is 76.9 Å². The van der Waals surface area contributed by atoms with Crippen LogP contribution in [0.2, 0.25) is 0 Å². The second-order valence-electron chi connectivity index (χ2n) is 5.52. The van der Waals surface area contributed by atoms with Gasteiger partial charge in [-0.2, -0.15) is 0 Å². The molecule has 24 heavy (non-hydrogen) atoms. The number of carbonyl (C=O) groups excluding carboxylic acids is 1. The third-order valence-corrected chi connectivity index (χ3v) is 3.43. The normalized spacial score (nSPS) is 10.6. The number of aryl methyl sites for hydroxylation is 1. The summed E-state index contributed by atoms with van der Waals surface area (Å²) in [6.45, 7) is 1.97. The average Bonchev–Trinajstić information content (AvgIpc) is 2.96. The van der Waals surface area contributed by atoms with Crippen molar-refractivity contribution >= 4 is 11.9 Å². The van der Waals surface area contributed by atoms with E-state index in [1.54, 1.807) is 12.1 Å². The first-order valence-corrected chi connectivity index (χ1v) is 7.51. The van der Waals surface area contributed by atoms with Crippen LogP contribution in [0, 0.1) is 12.7 Å². The van der Waals surface area contributed by atoms with Gasteiger partial charge in [-0.3, -0.25) is 10.1 Å². The number of amides is 1. The maximum absolute atomic E-state index is 12.9. The molecular formula is C18H16FN3O2. The molecule has 0 saturated heterocycles. The number of anilines is 1. The predicted molar refractivity (Wildman–Crippen MR) is 87.0 cm³/mol. The van der Waals surface area contributed by atoms with Crippen LogP contribution in [0.1, 0.15) is 22.6 Å². The molecule has 2 aromatic carbocycles. The number of benzene rings is 2. The lowest BCUT2D eigenvalue weighted by molar-refractivity contribution is -0.115. The number of carbonyl (C=O) groups is 1. The predicted octanol–water partition coefficient (Wildman–Crippen LogP) is 3.29. The van der Waals surface area contributed by atoms with E-state index in [2.05, 4.69) is 15.5 Å². The lowest BCUT2D eigenvalue weighted by Crippen LogP contribution is -2.14. The van der Waals surface area contributed by atoms with E-state index < -0.39 is 0 Å². The molecule has 3 rings (SSSR count). The first-order valence-electron chi connectivity index (χ1n) is 7.51. The highest BCUT2D eigenvalue weighted by molar-refractivity contribution is 5.90. The molecule has 0 atom stereocenters. The molecule has 0 bridgehead atoms. The Morgan fingerprint density at radius 1 is 1.12 bits per heavy atom. The quantitative estimate of drug-likeness (QED) is 0.781. The molecule has 0 aliphatic rings. The SMILES string of the molecule is Cc1cccc(CC(=O)Nc2nnc(Cc3ccc(F)cc3)o2)c1. The summed E-state index contributed by atoms with van der Waals surface area (Å²) in [4.78, 5) is 12.0. The molecule has 0 aliphatic carbocycles. The Morgan fingerprint density at radius 3 is 2.67 bits per heavy atom. The van der Waals surface area contributed by atoms with Crippen LogP contribution in [0.25, 0.3) is 0 Å². The second kappa shape index (κ2) is 7.04. The van der Waals surface area contributed by atoms with Gasteiger partial charge < -0.3 is 4.42 Å². The molecular weight excluding hydrogens is 309 g/mol. The monoisotopic (exact) mass is 325 g/mol. The Morgan fingerprint density at radius 2 is 1.92 bits per heavy atom. The van der Waals surface area contributed by atoms with Crippen LogP contribution in [0.15, 0.2) is 52.9 Å². The maximum Gasteiger partial charge on any atom is 0.322 e. The minimum Gasteiger partial charge on any atom is -0.407 e. The Balaban J connectivity index is 1.59. The third kappa shape index (κ3) is 4.25. The van der Waals surface area contributed by atoms with E-state index in [1.807, 2.05) is 31.2 Å². The van der Waals surface area contributed by atoms with Crippen molar-refractivity contribution in [2.24, 2.45) is 0 Å². The molecule has 0 saturated carbocycles. The minimum atomic E-state index is -0.298. The number of nitrogens with zero attached hydrogens (tertiary/aromatic N) is 2. The Bertz CT molecular complexity index is 843. The summed E-state index contributed by atoms with van der Waals surface area (Å²) in [7, 11) is 0. The van der Waals surface area contributed by atoms with Crippen LogP contribution >= 0.6 is 0 Å². The van der Waals surface area contributed by atoms with Crippen LogP contribution < -0.4 is 5.32 Å². The zero-order valence-corrected chi connectivity index (χ0v) is 13.1. The van der Waals surface area contributed by atoms with Gasteiger partial charge in [0.2, 0.25) is 11.8 Å². The van der Waals surface area contributed by atoms with E-state index in [4.69, 9.17) is 4.42 Å². The van der Waals surface area contributed by atoms with Crippen LogP contribution in [0.3, 0.4) is 0 Å². The van der Waals surface area contributed by atoms with Crippen molar-refractivity contribution < 1.29 is 13.6 Å². The molecule has 3 aromatic rings. The van der Waals surface area contributed by atoms with E-state index in [0.717, 1.165) is 16.7 Å². The summed E-state index contributed by atoms with van der Waals surface area (Å²) in [6.07, 6.45) is 0.610. The van der Waals surface area contributed by atoms with Gasteiger partial charge in [0.1, 0.15) is 5.82 Å². The van der Waals surface area contributed by atoms with Crippen LogP contribution in [0.5, 0.6) is 0 Å². The molecule has 122 valence electrons. The van der Waals surface area contributed by atoms with Gasteiger partial charge in [0.15, 0.2) is 0 Å². The van der Waals surface area contributed by atoms with Gasteiger partial charge in [-0.25, -0.2) is 4.39 Å². The van der Waals surface area contributed by atoms with Gasteiger partial charge in [0, 0.05) is 0 Å². The van der Waals surface area contributed by atoms with Crippen molar-refractivity contribution in [2.45, 2.75) is 19.8 Å². The van der Waals surface area contributed by atoms with Gasteiger partial charge >= 0.3 is 6.01 Å². The Kier molecular flexibility index (Phi) is 4.65. The average molecular weight is 325 g/mol. The molecule has 1 aromatic heterocycles. The molecule has 1 heterocycles. The second-order valence-corrected chi connectivity index (χ2v) is 5.52. The fourth-order valence-electron chi connectivity index (χ4n) is 2.32. The number of rotatable bonds is 5. The standard InChI is InChI=1S/C18H16FN3O2/c1-12-3-2-4-14(9-12)10-16(23)20-18-22-21-17(24-18)11-13-5-7-15(19)8-6-13/h2-9H,10-11H2,1H3,(H,20,22,23). The number of aromatic nitrogens is 2. The zero-order valence-electron chi connectivity index (χ0n) is 13.1. The summed E-state index contributed by atoms with van der Waals surface area (Å²) < 4.78 is 18.3. The van der Waals surface area contributed by atoms with Gasteiger partial charge in [-0.15, -0.1) is 5.10 Å². The summed E-state index contributed by atoms with van der Waals surface area (Å²) in [5, 5.41) is 10.3. The molecule has 1 amide bonds. The summed E-state index contributed by atoms with van der Waals surface area (Å²) in [6, 6.07) is 13.8. The first-order chi connectivity index (χ1) is 11.6. The first kappa shape index (κ1) is 15.9. The summed E-state index contributed by atoms with van der Waals surface area (Å²) >= 11 is 0. The molecule has 6 heteroatoms. The Labute approximate surface area is 138 Å². The minimum absolute atomic E-state index is 0.0600. The number of nitrogens with one attached hydrogen (secondary N) is 1. The van der Waals surface area contributed by atoms with Crippen molar-refractivity contribution in [3.8, 4) is 0 Å². The lowest BCUT2D eigenvalue weighted by atomic mass is 10.1. The van der Waals surface area contributed by atoms with Crippen molar-refractivity contribution in [3.63, 3.8) is 0 Å². The molecule has 5 nitrogen and oxygen atoms in total. The molecule has 0 radical (unpaired) electrons. The van der Waals surface area contributed by atoms with E-state index in [0.29, 0.717) is 12.3 Å². The van der Waals surface area contributed by atoms with Crippen molar-refractivity contribution in [2.75, 3.05) is 5.32 Å². The van der Waals surface area contributed by atoms with Crippen LogP contribution in [0.4, 0.5) is 10.4 Å². The molecule has 0 aliphatic heterocycles. The van der Waals surface area contributed by atoms with Crippen molar-refractivity contribution in [1.29, 1.82) is 0 Å². The largest absolute Gasteiger partial charge is 0.407 e. The van der Waals surface area contributed by atoms with E-state index in [9.17, 15) is 9.18 Å². The van der Waals surface area contributed by atoms with Gasteiger partial charge in [0.05, 0.1) is 12.8 Å². The van der Waals surface area contributed by atoms with Crippen molar-refractivity contribution in [1.82, 2.24) is 10.2 Å². The van der Waals surface area contributed by atoms with E-state index in [1.165, 1.54) is 12.1 Å². The molecule has 0 spiro atoms. The van der Waals surface area contributed by atoms with E-state index in [-0.39, 0.29) is 24.2 Å². The lowest BCUT2D eigenvalue weighted by Gasteiger charge is -2.02. The third-order valence-electron chi connectivity index (χ3n) is 3.43.